The summed E-state index contributed by atoms with van der Waals surface area (Å²) in [4.78, 5) is 23.7. The van der Waals surface area contributed by atoms with E-state index in [1.54, 1.807) is 0 Å². The molecule has 0 aromatic rings. The molecule has 6 heteroatoms. The smallest absolute Gasteiger partial charge is 0.306 e. The lowest BCUT2D eigenvalue weighted by Crippen LogP contribution is -2.41. The number of rotatable bonds is 18. The molecule has 1 rings (SSSR count). The minimum absolute atomic E-state index is 0.0542. The zero-order valence-electron chi connectivity index (χ0n) is 19.4. The van der Waals surface area contributed by atoms with Gasteiger partial charge in [0.15, 0.2) is 0 Å². The predicted octanol–water partition coefficient (Wildman–Crippen LogP) is 5.56. The van der Waals surface area contributed by atoms with Crippen molar-refractivity contribution in [1.29, 1.82) is 0 Å². The standard InChI is InChI=1S/C24H44O6/c1-3-5-6-7-8-9-10-11-12-13-14-17-29-22(25)15-16-23(26)30-20-24(4-2)18-27-21-28-19-24/h3-21H2,1-2H3. The van der Waals surface area contributed by atoms with E-state index >= 15 is 0 Å². The Morgan fingerprint density at radius 3 is 1.77 bits per heavy atom. The average molecular weight is 429 g/mol. The van der Waals surface area contributed by atoms with Crippen LogP contribution < -0.4 is 0 Å². The quantitative estimate of drug-likeness (QED) is 0.210. The summed E-state index contributed by atoms with van der Waals surface area (Å²) in [5, 5.41) is 0. The van der Waals surface area contributed by atoms with Gasteiger partial charge in [-0.3, -0.25) is 9.59 Å². The number of esters is 2. The summed E-state index contributed by atoms with van der Waals surface area (Å²) in [5.41, 5.74) is -0.274. The molecule has 1 fully saturated rings. The van der Waals surface area contributed by atoms with Gasteiger partial charge in [-0.25, -0.2) is 0 Å². The van der Waals surface area contributed by atoms with E-state index in [1.807, 2.05) is 6.92 Å². The molecule has 0 atom stereocenters. The lowest BCUT2D eigenvalue weighted by molar-refractivity contribution is -0.187. The molecule has 1 heterocycles. The fourth-order valence-corrected chi connectivity index (χ4v) is 3.54. The van der Waals surface area contributed by atoms with Gasteiger partial charge in [0, 0.05) is 0 Å². The first-order valence-corrected chi connectivity index (χ1v) is 12.1. The van der Waals surface area contributed by atoms with Crippen LogP contribution in [0, 0.1) is 5.41 Å². The van der Waals surface area contributed by atoms with E-state index in [-0.39, 0.29) is 36.8 Å². The predicted molar refractivity (Wildman–Crippen MR) is 117 cm³/mol. The van der Waals surface area contributed by atoms with E-state index in [1.165, 1.54) is 57.8 Å². The van der Waals surface area contributed by atoms with Crippen molar-refractivity contribution in [3.8, 4) is 0 Å². The van der Waals surface area contributed by atoms with Gasteiger partial charge in [0.1, 0.15) is 13.4 Å². The van der Waals surface area contributed by atoms with Crippen LogP contribution in [0.5, 0.6) is 0 Å². The van der Waals surface area contributed by atoms with Crippen molar-refractivity contribution >= 4 is 11.9 Å². The van der Waals surface area contributed by atoms with Gasteiger partial charge in [-0.05, 0) is 12.8 Å². The summed E-state index contributed by atoms with van der Waals surface area (Å²) >= 11 is 0. The molecule has 6 nitrogen and oxygen atoms in total. The number of hydrogen-bond donors (Lipinski definition) is 0. The van der Waals surface area contributed by atoms with Gasteiger partial charge in [-0.2, -0.15) is 0 Å². The summed E-state index contributed by atoms with van der Waals surface area (Å²) in [6.07, 6.45) is 14.8. The average Bonchev–Trinajstić information content (AvgIpc) is 2.77. The van der Waals surface area contributed by atoms with Gasteiger partial charge in [0.25, 0.3) is 0 Å². The first-order valence-electron chi connectivity index (χ1n) is 12.1. The first-order chi connectivity index (χ1) is 14.6. The summed E-state index contributed by atoms with van der Waals surface area (Å²) in [6.45, 7) is 6.32. The number of ether oxygens (including phenoxy) is 4. The molecule has 0 radical (unpaired) electrons. The summed E-state index contributed by atoms with van der Waals surface area (Å²) < 4.78 is 21.2. The lowest BCUT2D eigenvalue weighted by atomic mass is 9.87. The highest BCUT2D eigenvalue weighted by Gasteiger charge is 2.33. The molecule has 1 saturated heterocycles. The van der Waals surface area contributed by atoms with Gasteiger partial charge >= 0.3 is 11.9 Å². The Kier molecular flexibility index (Phi) is 15.7. The Hall–Kier alpha value is -1.14. The van der Waals surface area contributed by atoms with Crippen LogP contribution in [-0.4, -0.2) is 45.2 Å². The monoisotopic (exact) mass is 428 g/mol. The summed E-state index contributed by atoms with van der Waals surface area (Å²) in [7, 11) is 0. The molecular formula is C24H44O6. The van der Waals surface area contributed by atoms with Gasteiger partial charge in [-0.1, -0.05) is 78.1 Å². The topological polar surface area (TPSA) is 71.1 Å². The van der Waals surface area contributed by atoms with Crippen LogP contribution in [0.2, 0.25) is 0 Å². The molecular weight excluding hydrogens is 384 g/mol. The van der Waals surface area contributed by atoms with Crippen LogP contribution in [0.4, 0.5) is 0 Å². The minimum Gasteiger partial charge on any atom is -0.466 e. The Morgan fingerprint density at radius 2 is 1.23 bits per heavy atom. The maximum absolute atomic E-state index is 11.9. The molecule has 0 amide bonds. The second-order valence-corrected chi connectivity index (χ2v) is 8.59. The van der Waals surface area contributed by atoms with Gasteiger partial charge in [0.2, 0.25) is 0 Å². The molecule has 0 N–H and O–H groups in total. The van der Waals surface area contributed by atoms with Crippen molar-refractivity contribution in [3.05, 3.63) is 0 Å². The molecule has 0 aromatic heterocycles. The number of carbonyl (C=O) groups is 2. The van der Waals surface area contributed by atoms with Crippen LogP contribution in [0.3, 0.4) is 0 Å². The molecule has 0 bridgehead atoms. The summed E-state index contributed by atoms with van der Waals surface area (Å²) in [5.74, 6) is -0.700. The Bertz CT molecular complexity index is 445. The highest BCUT2D eigenvalue weighted by Crippen LogP contribution is 2.26. The zero-order valence-corrected chi connectivity index (χ0v) is 19.4. The van der Waals surface area contributed by atoms with E-state index in [9.17, 15) is 9.59 Å². The number of unbranched alkanes of at least 4 members (excludes halogenated alkanes) is 10. The highest BCUT2D eigenvalue weighted by atomic mass is 16.7. The third kappa shape index (κ3) is 13.2. The second-order valence-electron chi connectivity index (χ2n) is 8.59. The third-order valence-corrected chi connectivity index (χ3v) is 5.82. The van der Waals surface area contributed by atoms with E-state index in [2.05, 4.69) is 6.92 Å². The molecule has 1 aliphatic rings. The van der Waals surface area contributed by atoms with Crippen molar-refractivity contribution in [2.24, 2.45) is 5.41 Å². The van der Waals surface area contributed by atoms with E-state index in [0.717, 1.165) is 19.3 Å². The molecule has 176 valence electrons. The first kappa shape index (κ1) is 26.9. The van der Waals surface area contributed by atoms with E-state index in [0.29, 0.717) is 26.6 Å². The Labute approximate surface area is 183 Å². The Morgan fingerprint density at radius 1 is 0.733 bits per heavy atom. The van der Waals surface area contributed by atoms with E-state index < -0.39 is 0 Å². The fraction of sp³-hybridized carbons (Fsp3) is 0.917. The van der Waals surface area contributed by atoms with Gasteiger partial charge in [0.05, 0.1) is 38.1 Å². The minimum atomic E-state index is -0.375. The third-order valence-electron chi connectivity index (χ3n) is 5.82. The van der Waals surface area contributed by atoms with Crippen LogP contribution in [0.15, 0.2) is 0 Å². The number of carbonyl (C=O) groups excluding carboxylic acids is 2. The molecule has 1 aliphatic heterocycles. The van der Waals surface area contributed by atoms with Crippen LogP contribution in [0.1, 0.15) is 104 Å². The zero-order chi connectivity index (χ0) is 21.9. The molecule has 30 heavy (non-hydrogen) atoms. The number of hydrogen-bond acceptors (Lipinski definition) is 6. The van der Waals surface area contributed by atoms with E-state index in [4.69, 9.17) is 18.9 Å². The van der Waals surface area contributed by atoms with Crippen LogP contribution >= 0.6 is 0 Å². The maximum Gasteiger partial charge on any atom is 0.306 e. The van der Waals surface area contributed by atoms with Crippen LogP contribution in [-0.2, 0) is 28.5 Å². The molecule has 0 unspecified atom stereocenters. The fourth-order valence-electron chi connectivity index (χ4n) is 3.54. The van der Waals surface area contributed by atoms with Crippen molar-refractivity contribution in [2.75, 3.05) is 33.2 Å². The maximum atomic E-state index is 11.9. The molecule has 0 spiro atoms. The lowest BCUT2D eigenvalue weighted by Gasteiger charge is -2.35. The normalized spacial score (nSPS) is 15.7. The van der Waals surface area contributed by atoms with Gasteiger partial charge < -0.3 is 18.9 Å². The molecule has 0 saturated carbocycles. The van der Waals surface area contributed by atoms with Crippen molar-refractivity contribution < 1.29 is 28.5 Å². The van der Waals surface area contributed by atoms with Crippen LogP contribution in [0.25, 0.3) is 0 Å². The summed E-state index contributed by atoms with van der Waals surface area (Å²) in [6, 6.07) is 0. The van der Waals surface area contributed by atoms with Crippen molar-refractivity contribution in [2.45, 2.75) is 104 Å². The van der Waals surface area contributed by atoms with Crippen molar-refractivity contribution in [1.82, 2.24) is 0 Å². The molecule has 0 aliphatic carbocycles. The van der Waals surface area contributed by atoms with Gasteiger partial charge in [-0.15, -0.1) is 0 Å². The molecule has 0 aromatic carbocycles. The highest BCUT2D eigenvalue weighted by molar-refractivity contribution is 5.77. The SMILES string of the molecule is CCCCCCCCCCCCCOC(=O)CCC(=O)OCC1(CC)COCOC1. The Balaban J connectivity index is 1.92. The second kappa shape index (κ2) is 17.5. The largest absolute Gasteiger partial charge is 0.466 e. The van der Waals surface area contributed by atoms with Crippen molar-refractivity contribution in [3.63, 3.8) is 0 Å².